The monoisotopic (exact) mass is 217 g/mol. The fourth-order valence-electron chi connectivity index (χ4n) is 1.23. The molecule has 0 aliphatic carbocycles. The molecule has 1 unspecified atom stereocenters. The number of aliphatic hydroxyl groups excluding tert-OH is 1. The summed E-state index contributed by atoms with van der Waals surface area (Å²) in [5.41, 5.74) is -0.233. The molecule has 3 heteroatoms. The highest BCUT2D eigenvalue weighted by Gasteiger charge is 2.25. The molecule has 0 saturated carbocycles. The molecule has 0 bridgehead atoms. The van der Waals surface area contributed by atoms with E-state index in [2.05, 4.69) is 26.1 Å². The molecule has 0 amide bonds. The molecule has 0 aromatic heterocycles. The first kappa shape index (κ1) is 14.9. The lowest BCUT2D eigenvalue weighted by atomic mass is 9.96. The maximum atomic E-state index is 9.34. The average molecular weight is 217 g/mol. The highest BCUT2D eigenvalue weighted by atomic mass is 16.5. The Hall–Kier alpha value is -0.120. The molecule has 0 aromatic carbocycles. The van der Waals surface area contributed by atoms with Crippen LogP contribution in [0.4, 0.5) is 0 Å². The highest BCUT2D eigenvalue weighted by Crippen LogP contribution is 2.22. The fourth-order valence-corrected chi connectivity index (χ4v) is 1.23. The maximum Gasteiger partial charge on any atom is 0.0884 e. The summed E-state index contributed by atoms with van der Waals surface area (Å²) >= 11 is 0. The predicted octanol–water partition coefficient (Wildman–Crippen LogP) is 1.80. The van der Waals surface area contributed by atoms with Gasteiger partial charge in [-0.3, -0.25) is 0 Å². The van der Waals surface area contributed by atoms with Crippen LogP contribution >= 0.6 is 0 Å². The third-order valence-corrected chi connectivity index (χ3v) is 2.32. The lowest BCUT2D eigenvalue weighted by Crippen LogP contribution is -2.36. The summed E-state index contributed by atoms with van der Waals surface area (Å²) < 4.78 is 5.81. The van der Waals surface area contributed by atoms with Gasteiger partial charge in [0, 0.05) is 0 Å². The molecule has 0 saturated heterocycles. The largest absolute Gasteiger partial charge is 0.393 e. The Morgan fingerprint density at radius 2 is 1.80 bits per heavy atom. The van der Waals surface area contributed by atoms with Gasteiger partial charge in [-0.2, -0.15) is 0 Å². The van der Waals surface area contributed by atoms with E-state index in [1.807, 2.05) is 14.0 Å². The van der Waals surface area contributed by atoms with Crippen LogP contribution in [0.2, 0.25) is 0 Å². The van der Waals surface area contributed by atoms with Crippen molar-refractivity contribution in [3.8, 4) is 0 Å². The first-order valence-corrected chi connectivity index (χ1v) is 5.72. The lowest BCUT2D eigenvalue weighted by molar-refractivity contribution is -0.0955. The molecule has 3 nitrogen and oxygen atoms in total. The molecule has 0 aromatic rings. The van der Waals surface area contributed by atoms with Gasteiger partial charge in [-0.05, 0) is 38.8 Å². The Labute approximate surface area is 94.2 Å². The second kappa shape index (κ2) is 6.46. The zero-order valence-corrected chi connectivity index (χ0v) is 10.9. The van der Waals surface area contributed by atoms with Crippen molar-refractivity contribution in [3.05, 3.63) is 0 Å². The van der Waals surface area contributed by atoms with Crippen molar-refractivity contribution in [1.82, 2.24) is 5.32 Å². The minimum atomic E-state index is -0.385. The van der Waals surface area contributed by atoms with Crippen molar-refractivity contribution >= 4 is 0 Å². The number of rotatable bonds is 7. The minimum Gasteiger partial charge on any atom is -0.393 e. The summed E-state index contributed by atoms with van der Waals surface area (Å²) in [6.45, 7) is 10.1. The van der Waals surface area contributed by atoms with Crippen LogP contribution in [-0.2, 0) is 4.74 Å². The summed E-state index contributed by atoms with van der Waals surface area (Å²) in [4.78, 5) is 0. The Morgan fingerprint density at radius 3 is 2.20 bits per heavy atom. The molecule has 0 fully saturated rings. The predicted molar refractivity (Wildman–Crippen MR) is 64.1 cm³/mol. The first-order chi connectivity index (χ1) is 6.83. The molecule has 0 rings (SSSR count). The van der Waals surface area contributed by atoms with E-state index in [1.54, 1.807) is 0 Å². The van der Waals surface area contributed by atoms with E-state index < -0.39 is 0 Å². The van der Waals surface area contributed by atoms with E-state index in [0.29, 0.717) is 6.61 Å². The summed E-state index contributed by atoms with van der Waals surface area (Å²) in [5, 5.41) is 12.4. The second-order valence-electron chi connectivity index (χ2n) is 5.66. The summed E-state index contributed by atoms with van der Waals surface area (Å²) in [5.74, 6) is 0. The Morgan fingerprint density at radius 1 is 1.20 bits per heavy atom. The van der Waals surface area contributed by atoms with E-state index in [1.165, 1.54) is 0 Å². The zero-order chi connectivity index (χ0) is 11.9. The molecule has 0 aliphatic heterocycles. The van der Waals surface area contributed by atoms with Gasteiger partial charge in [-0.1, -0.05) is 20.8 Å². The van der Waals surface area contributed by atoms with Gasteiger partial charge in [-0.25, -0.2) is 0 Å². The first-order valence-electron chi connectivity index (χ1n) is 5.72. The van der Waals surface area contributed by atoms with Gasteiger partial charge < -0.3 is 15.2 Å². The van der Waals surface area contributed by atoms with Crippen LogP contribution < -0.4 is 5.32 Å². The molecule has 92 valence electrons. The summed E-state index contributed by atoms with van der Waals surface area (Å²) in [6.07, 6.45) is 1.91. The smallest absolute Gasteiger partial charge is 0.0884 e. The van der Waals surface area contributed by atoms with Crippen molar-refractivity contribution in [2.75, 3.05) is 26.8 Å². The van der Waals surface area contributed by atoms with Crippen LogP contribution in [0.5, 0.6) is 0 Å². The van der Waals surface area contributed by atoms with Gasteiger partial charge in [0.2, 0.25) is 0 Å². The molecule has 2 N–H and O–H groups in total. The molecular weight excluding hydrogens is 190 g/mol. The second-order valence-corrected chi connectivity index (χ2v) is 5.66. The van der Waals surface area contributed by atoms with Gasteiger partial charge >= 0.3 is 0 Å². The van der Waals surface area contributed by atoms with Gasteiger partial charge in [0.25, 0.3) is 0 Å². The van der Waals surface area contributed by atoms with Gasteiger partial charge in [0.1, 0.15) is 0 Å². The molecule has 1 atom stereocenters. The zero-order valence-electron chi connectivity index (χ0n) is 10.9. The summed E-state index contributed by atoms with van der Waals surface area (Å²) in [7, 11) is 1.94. The van der Waals surface area contributed by atoms with Crippen LogP contribution in [0.15, 0.2) is 0 Å². The number of hydrogen-bond acceptors (Lipinski definition) is 3. The molecule has 0 spiro atoms. The normalized spacial score (nSPS) is 16.4. The highest BCUT2D eigenvalue weighted by molar-refractivity contribution is 4.76. The van der Waals surface area contributed by atoms with Crippen LogP contribution in [0, 0.1) is 5.41 Å². The van der Waals surface area contributed by atoms with E-state index >= 15 is 0 Å². The fraction of sp³-hybridized carbons (Fsp3) is 1.00. The van der Waals surface area contributed by atoms with Crippen LogP contribution in [-0.4, -0.2) is 37.5 Å². The van der Waals surface area contributed by atoms with E-state index in [0.717, 1.165) is 19.4 Å². The van der Waals surface area contributed by atoms with Gasteiger partial charge in [-0.15, -0.1) is 0 Å². The topological polar surface area (TPSA) is 41.5 Å². The van der Waals surface area contributed by atoms with Crippen LogP contribution in [0.3, 0.4) is 0 Å². The number of nitrogens with one attached hydrogen (secondary N) is 1. The van der Waals surface area contributed by atoms with E-state index in [4.69, 9.17) is 4.74 Å². The number of ether oxygens (including phenoxy) is 1. The Kier molecular flexibility index (Phi) is 6.41. The van der Waals surface area contributed by atoms with Crippen molar-refractivity contribution in [3.63, 3.8) is 0 Å². The number of aliphatic hydroxyl groups is 1. The van der Waals surface area contributed by atoms with E-state index in [-0.39, 0.29) is 17.6 Å². The van der Waals surface area contributed by atoms with Gasteiger partial charge in [0.05, 0.1) is 18.8 Å². The van der Waals surface area contributed by atoms with Gasteiger partial charge in [0.15, 0.2) is 0 Å². The van der Waals surface area contributed by atoms with Crippen molar-refractivity contribution in [1.29, 1.82) is 0 Å². The van der Waals surface area contributed by atoms with E-state index in [9.17, 15) is 5.11 Å². The third kappa shape index (κ3) is 7.77. The third-order valence-electron chi connectivity index (χ3n) is 2.32. The van der Waals surface area contributed by atoms with Crippen molar-refractivity contribution in [2.45, 2.75) is 46.1 Å². The Balaban J connectivity index is 3.96. The Bertz CT molecular complexity index is 165. The maximum absolute atomic E-state index is 9.34. The molecule has 0 heterocycles. The SMILES string of the molecule is CNCCCC(C)(CO)OCC(C)(C)C. The van der Waals surface area contributed by atoms with Crippen LogP contribution in [0.1, 0.15) is 40.5 Å². The summed E-state index contributed by atoms with van der Waals surface area (Å²) in [6, 6.07) is 0. The molecule has 15 heavy (non-hydrogen) atoms. The quantitative estimate of drug-likeness (QED) is 0.639. The minimum absolute atomic E-state index is 0.0901. The molecule has 0 radical (unpaired) electrons. The molecule has 0 aliphatic rings. The number of hydrogen-bond donors (Lipinski definition) is 2. The van der Waals surface area contributed by atoms with Crippen molar-refractivity contribution < 1.29 is 9.84 Å². The van der Waals surface area contributed by atoms with Crippen molar-refractivity contribution in [2.24, 2.45) is 5.41 Å². The standard InChI is InChI=1S/C12H27NO2/c1-11(2,3)10-15-12(4,9-14)7-6-8-13-5/h13-14H,6-10H2,1-5H3. The average Bonchev–Trinajstić information content (AvgIpc) is 2.14. The molecular formula is C12H27NO2. The lowest BCUT2D eigenvalue weighted by Gasteiger charge is -2.31. The van der Waals surface area contributed by atoms with Crippen LogP contribution in [0.25, 0.3) is 0 Å².